The van der Waals surface area contributed by atoms with E-state index in [1.54, 1.807) is 11.3 Å². The number of allylic oxidation sites excluding steroid dienone is 1. The summed E-state index contributed by atoms with van der Waals surface area (Å²) in [6.07, 6.45) is 3.33. The van der Waals surface area contributed by atoms with Crippen molar-refractivity contribution < 1.29 is 0 Å². The molecule has 0 unspecified atom stereocenters. The Hall–Kier alpha value is 0.880. The molecule has 0 aliphatic rings. The van der Waals surface area contributed by atoms with Crippen LogP contribution in [0.25, 0.3) is 6.08 Å². The Bertz CT molecular complexity index is 289. The minimum atomic E-state index is 0.955. The quantitative estimate of drug-likeness (QED) is 0.603. The van der Waals surface area contributed by atoms with Crippen LogP contribution in [0.5, 0.6) is 0 Å². The van der Waals surface area contributed by atoms with Crippen LogP contribution in [-0.2, 0) is 0 Å². The second-order valence-electron chi connectivity index (χ2n) is 2.56. The monoisotopic (exact) mass is 386 g/mol. The number of alkyl halides is 1. The van der Waals surface area contributed by atoms with Gasteiger partial charge < -0.3 is 0 Å². The maximum Gasteiger partial charge on any atom is 0.0846 e. The lowest BCUT2D eigenvalue weighted by molar-refractivity contribution is 1.13. The summed E-state index contributed by atoms with van der Waals surface area (Å²) in [4.78, 5) is 1.29. The summed E-state index contributed by atoms with van der Waals surface area (Å²) >= 11 is 12.2. The highest BCUT2D eigenvalue weighted by Crippen LogP contribution is 2.33. The van der Waals surface area contributed by atoms with Crippen LogP contribution in [0.2, 0.25) is 0 Å². The number of rotatable bonds is 3. The van der Waals surface area contributed by atoms with E-state index >= 15 is 0 Å². The molecular weight excluding hydrogens is 380 g/mol. The van der Waals surface area contributed by atoms with Crippen LogP contribution < -0.4 is 0 Å². The Balaban J connectivity index is 2.89. The van der Waals surface area contributed by atoms with E-state index in [-0.39, 0.29) is 0 Å². The van der Waals surface area contributed by atoms with Gasteiger partial charge in [0, 0.05) is 14.7 Å². The van der Waals surface area contributed by atoms with Crippen molar-refractivity contribution in [1.82, 2.24) is 0 Å². The molecule has 0 spiro atoms. The third-order valence-electron chi connectivity index (χ3n) is 1.64. The van der Waals surface area contributed by atoms with Crippen LogP contribution >= 0.6 is 59.1 Å². The zero-order valence-electron chi connectivity index (χ0n) is 7.11. The molecule has 4 heteroatoms. The molecule has 0 fully saturated rings. The fourth-order valence-corrected chi connectivity index (χ4v) is 3.51. The Labute approximate surface area is 108 Å². The molecule has 0 amide bonds. The number of hydrogen-bond donors (Lipinski definition) is 0. The smallest absolute Gasteiger partial charge is 0.0846 e. The maximum absolute atomic E-state index is 3.48. The fourth-order valence-electron chi connectivity index (χ4n) is 0.871. The first-order valence-electron chi connectivity index (χ1n) is 3.87. The lowest BCUT2D eigenvalue weighted by Gasteiger charge is -1.95. The summed E-state index contributed by atoms with van der Waals surface area (Å²) in [5.74, 6) is 0. The normalized spacial score (nSPS) is 12.2. The molecule has 0 atom stereocenters. The van der Waals surface area contributed by atoms with Crippen molar-refractivity contribution in [3.63, 3.8) is 0 Å². The van der Waals surface area contributed by atoms with E-state index in [0.717, 1.165) is 20.0 Å². The second-order valence-corrected chi connectivity index (χ2v) is 6.38. The first-order valence-corrected chi connectivity index (χ1v) is 7.40. The maximum atomic E-state index is 3.48. The van der Waals surface area contributed by atoms with Gasteiger partial charge in [0.25, 0.3) is 0 Å². The average Bonchev–Trinajstić information content (AvgIpc) is 2.42. The summed E-state index contributed by atoms with van der Waals surface area (Å²) < 4.78 is 2.29. The molecule has 0 bridgehead atoms. The predicted molar refractivity (Wildman–Crippen MR) is 71.8 cm³/mol. The molecule has 0 aliphatic heterocycles. The molecular formula is C9H9Br3S. The highest BCUT2D eigenvalue weighted by atomic mass is 79.9. The third-order valence-corrected chi connectivity index (χ3v) is 5.56. The van der Waals surface area contributed by atoms with Crippen LogP contribution in [0.15, 0.2) is 19.9 Å². The van der Waals surface area contributed by atoms with Gasteiger partial charge in [-0.15, -0.1) is 11.3 Å². The van der Waals surface area contributed by atoms with Crippen molar-refractivity contribution in [2.75, 3.05) is 5.33 Å². The van der Waals surface area contributed by atoms with Crippen LogP contribution in [0.1, 0.15) is 18.2 Å². The molecule has 0 aliphatic carbocycles. The Kier molecular flexibility index (Phi) is 5.23. The van der Waals surface area contributed by atoms with Crippen LogP contribution in [0, 0.1) is 0 Å². The van der Waals surface area contributed by atoms with Crippen molar-refractivity contribution in [2.45, 2.75) is 13.3 Å². The van der Waals surface area contributed by atoms with E-state index in [2.05, 4.69) is 66.9 Å². The molecule has 0 nitrogen and oxygen atoms in total. The summed E-state index contributed by atoms with van der Waals surface area (Å²) in [7, 11) is 0. The average molecular weight is 389 g/mol. The highest BCUT2D eigenvalue weighted by Gasteiger charge is 2.02. The van der Waals surface area contributed by atoms with Gasteiger partial charge in [-0.05, 0) is 50.4 Å². The topological polar surface area (TPSA) is 0 Å². The van der Waals surface area contributed by atoms with Gasteiger partial charge >= 0.3 is 0 Å². The van der Waals surface area contributed by atoms with Gasteiger partial charge in [-0.3, -0.25) is 0 Å². The number of hydrogen-bond acceptors (Lipinski definition) is 1. The van der Waals surface area contributed by atoms with Gasteiger partial charge in [-0.2, -0.15) is 0 Å². The van der Waals surface area contributed by atoms with E-state index in [0.29, 0.717) is 0 Å². The first-order chi connectivity index (χ1) is 6.17. The van der Waals surface area contributed by atoms with E-state index in [1.165, 1.54) is 10.5 Å². The lowest BCUT2D eigenvalue weighted by Crippen LogP contribution is -1.79. The molecule has 0 N–H and O–H groups in total. The minimum Gasteiger partial charge on any atom is -0.128 e. The fraction of sp³-hybridized carbons (Fsp3) is 0.333. The molecule has 1 aromatic rings. The zero-order chi connectivity index (χ0) is 9.84. The van der Waals surface area contributed by atoms with Gasteiger partial charge in [0.1, 0.15) is 0 Å². The van der Waals surface area contributed by atoms with Gasteiger partial charge in [0.15, 0.2) is 0 Å². The minimum absolute atomic E-state index is 0.955. The zero-order valence-corrected chi connectivity index (χ0v) is 12.7. The number of thiophene rings is 1. The van der Waals surface area contributed by atoms with Crippen LogP contribution in [-0.4, -0.2) is 5.33 Å². The second kappa shape index (κ2) is 5.69. The lowest BCUT2D eigenvalue weighted by atomic mass is 10.2. The van der Waals surface area contributed by atoms with Crippen molar-refractivity contribution in [3.8, 4) is 0 Å². The van der Waals surface area contributed by atoms with Gasteiger partial charge in [-0.1, -0.05) is 28.4 Å². The summed E-state index contributed by atoms with van der Waals surface area (Å²) in [6.45, 7) is 2.17. The largest absolute Gasteiger partial charge is 0.128 e. The molecule has 0 aromatic carbocycles. The van der Waals surface area contributed by atoms with Crippen molar-refractivity contribution >= 4 is 65.2 Å². The van der Waals surface area contributed by atoms with Crippen LogP contribution in [0.4, 0.5) is 0 Å². The SMILES string of the molecule is CC/C(=C\c1cc(Br)c(Br)s1)CBr. The summed E-state index contributed by atoms with van der Waals surface area (Å²) in [5, 5.41) is 0.955. The Morgan fingerprint density at radius 3 is 2.62 bits per heavy atom. The third kappa shape index (κ3) is 3.50. The molecule has 1 rings (SSSR count). The first kappa shape index (κ1) is 12.0. The van der Waals surface area contributed by atoms with Crippen LogP contribution in [0.3, 0.4) is 0 Å². The van der Waals surface area contributed by atoms with Crippen molar-refractivity contribution in [1.29, 1.82) is 0 Å². The highest BCUT2D eigenvalue weighted by molar-refractivity contribution is 9.13. The summed E-state index contributed by atoms with van der Waals surface area (Å²) in [5.41, 5.74) is 1.42. The molecule has 0 saturated heterocycles. The molecule has 1 heterocycles. The standard InChI is InChI=1S/C9H9Br3S/c1-2-6(5-10)3-7-4-8(11)9(12)13-7/h3-4H,2,5H2,1H3/b6-3+. The molecule has 13 heavy (non-hydrogen) atoms. The molecule has 0 radical (unpaired) electrons. The van der Waals surface area contributed by atoms with E-state index in [1.807, 2.05) is 0 Å². The molecule has 0 saturated carbocycles. The van der Waals surface area contributed by atoms with Gasteiger partial charge in [-0.25, -0.2) is 0 Å². The van der Waals surface area contributed by atoms with E-state index in [4.69, 9.17) is 0 Å². The number of halogens is 3. The Morgan fingerprint density at radius 1 is 1.54 bits per heavy atom. The molecule has 72 valence electrons. The molecule has 1 aromatic heterocycles. The van der Waals surface area contributed by atoms with E-state index < -0.39 is 0 Å². The Morgan fingerprint density at radius 2 is 2.23 bits per heavy atom. The van der Waals surface area contributed by atoms with Crippen molar-refractivity contribution in [3.05, 3.63) is 24.8 Å². The van der Waals surface area contributed by atoms with Gasteiger partial charge in [0.05, 0.1) is 3.79 Å². The van der Waals surface area contributed by atoms with Gasteiger partial charge in [0.2, 0.25) is 0 Å². The van der Waals surface area contributed by atoms with E-state index in [9.17, 15) is 0 Å². The predicted octanol–water partition coefficient (Wildman–Crippen LogP) is 5.46. The van der Waals surface area contributed by atoms with Crippen molar-refractivity contribution in [2.24, 2.45) is 0 Å². The summed E-state index contributed by atoms with van der Waals surface area (Å²) in [6, 6.07) is 2.13.